The van der Waals surface area contributed by atoms with Crippen molar-refractivity contribution in [2.75, 3.05) is 36.9 Å². The minimum Gasteiger partial charge on any atom is -0.444 e. The molecule has 1 aromatic carbocycles. The number of likely N-dealkylation sites (tertiary alicyclic amines) is 1. The fourth-order valence-electron chi connectivity index (χ4n) is 3.89. The smallest absolute Gasteiger partial charge is 0.410 e. The van der Waals surface area contributed by atoms with E-state index in [0.29, 0.717) is 26.0 Å². The fourth-order valence-corrected chi connectivity index (χ4v) is 3.89. The molecule has 1 saturated heterocycles. The summed E-state index contributed by atoms with van der Waals surface area (Å²) in [5.74, 6) is 0.463. The first-order chi connectivity index (χ1) is 15.6. The molecule has 0 saturated carbocycles. The van der Waals surface area contributed by atoms with Crippen molar-refractivity contribution in [1.29, 1.82) is 0 Å². The van der Waals surface area contributed by atoms with Crippen molar-refractivity contribution in [3.05, 3.63) is 18.2 Å². The number of benzene rings is 1. The third kappa shape index (κ3) is 6.36. The summed E-state index contributed by atoms with van der Waals surface area (Å²) in [7, 11) is 3.77. The number of fused-ring (bicyclic) bond motifs is 1. The molecule has 3 amide bonds. The molecule has 2 N–H and O–H groups in total. The summed E-state index contributed by atoms with van der Waals surface area (Å²) in [6.07, 6.45) is 2.04. The Hall–Kier alpha value is -3.30. The van der Waals surface area contributed by atoms with Gasteiger partial charge in [-0.3, -0.25) is 19.6 Å². The largest absolute Gasteiger partial charge is 0.444 e. The summed E-state index contributed by atoms with van der Waals surface area (Å²) >= 11 is 0. The van der Waals surface area contributed by atoms with E-state index >= 15 is 0 Å². The van der Waals surface area contributed by atoms with Gasteiger partial charge in [0, 0.05) is 57.3 Å². The first kappa shape index (κ1) is 24.3. The molecule has 0 atom stereocenters. The van der Waals surface area contributed by atoms with Crippen LogP contribution in [0.5, 0.6) is 0 Å². The normalized spacial score (nSPS) is 14.8. The van der Waals surface area contributed by atoms with Crippen LogP contribution in [0.2, 0.25) is 0 Å². The number of carbonyl (C=O) groups is 3. The van der Waals surface area contributed by atoms with Crippen LogP contribution in [-0.2, 0) is 21.4 Å². The molecule has 1 aliphatic heterocycles. The molecule has 0 bridgehead atoms. The number of nitrogens with zero attached hydrogens (tertiary/aromatic N) is 4. The average Bonchev–Trinajstić information content (AvgIpc) is 3.08. The van der Waals surface area contributed by atoms with Crippen molar-refractivity contribution in [2.24, 2.45) is 7.05 Å². The van der Waals surface area contributed by atoms with Gasteiger partial charge in [-0.15, -0.1) is 0 Å². The van der Waals surface area contributed by atoms with Crippen molar-refractivity contribution in [3.8, 4) is 0 Å². The fraction of sp³-hybridized carbons (Fsp3) is 0.565. The summed E-state index contributed by atoms with van der Waals surface area (Å²) in [6, 6.07) is 6.39. The maximum absolute atomic E-state index is 12.3. The minimum atomic E-state index is -0.487. The lowest BCUT2D eigenvalue weighted by atomic mass is 10.0. The SMILES string of the molecule is CN(CCC(=O)NC=O)c1nn(C)c2cc(NC3CCN(C(=O)OC(C)(C)C)CC3)ccc12. The van der Waals surface area contributed by atoms with Gasteiger partial charge in [0.25, 0.3) is 0 Å². The summed E-state index contributed by atoms with van der Waals surface area (Å²) in [6.45, 7) is 7.40. The number of hydrogen-bond donors (Lipinski definition) is 2. The third-order valence-corrected chi connectivity index (χ3v) is 5.61. The Morgan fingerprint density at radius 3 is 2.61 bits per heavy atom. The number of rotatable bonds is 7. The van der Waals surface area contributed by atoms with Gasteiger partial charge in [-0.2, -0.15) is 5.10 Å². The van der Waals surface area contributed by atoms with Crippen LogP contribution < -0.4 is 15.5 Å². The third-order valence-electron chi connectivity index (χ3n) is 5.61. The van der Waals surface area contributed by atoms with Crippen molar-refractivity contribution in [3.63, 3.8) is 0 Å². The number of ether oxygens (including phenoxy) is 1. The zero-order chi connectivity index (χ0) is 24.2. The second-order valence-corrected chi connectivity index (χ2v) is 9.42. The Labute approximate surface area is 194 Å². The van der Waals surface area contributed by atoms with Crippen molar-refractivity contribution in [2.45, 2.75) is 51.7 Å². The molecular weight excluding hydrogens is 424 g/mol. The van der Waals surface area contributed by atoms with E-state index in [1.807, 2.05) is 56.6 Å². The summed E-state index contributed by atoms with van der Waals surface area (Å²) in [5.41, 5.74) is 1.49. The Bertz CT molecular complexity index is 1000. The Morgan fingerprint density at radius 2 is 1.97 bits per heavy atom. The van der Waals surface area contributed by atoms with Crippen LogP contribution in [0.3, 0.4) is 0 Å². The lowest BCUT2D eigenvalue weighted by molar-refractivity contribution is -0.125. The second-order valence-electron chi connectivity index (χ2n) is 9.42. The van der Waals surface area contributed by atoms with Crippen LogP contribution in [0.1, 0.15) is 40.0 Å². The first-order valence-corrected chi connectivity index (χ1v) is 11.2. The lowest BCUT2D eigenvalue weighted by Gasteiger charge is -2.34. The highest BCUT2D eigenvalue weighted by molar-refractivity contribution is 5.93. The van der Waals surface area contributed by atoms with Gasteiger partial charge in [0.1, 0.15) is 5.60 Å². The van der Waals surface area contributed by atoms with Crippen molar-refractivity contribution < 1.29 is 19.1 Å². The zero-order valence-electron chi connectivity index (χ0n) is 20.1. The molecule has 10 nitrogen and oxygen atoms in total. The molecule has 1 aromatic heterocycles. The lowest BCUT2D eigenvalue weighted by Crippen LogP contribution is -2.44. The Balaban J connectivity index is 1.61. The van der Waals surface area contributed by atoms with Crippen LogP contribution in [0.25, 0.3) is 10.9 Å². The van der Waals surface area contributed by atoms with E-state index in [1.165, 1.54) is 0 Å². The average molecular weight is 459 g/mol. The van der Waals surface area contributed by atoms with Gasteiger partial charge in [-0.25, -0.2) is 4.79 Å². The van der Waals surface area contributed by atoms with Gasteiger partial charge in [-0.1, -0.05) is 0 Å². The van der Waals surface area contributed by atoms with E-state index in [1.54, 1.807) is 4.90 Å². The zero-order valence-corrected chi connectivity index (χ0v) is 20.1. The van der Waals surface area contributed by atoms with E-state index in [-0.39, 0.29) is 24.5 Å². The first-order valence-electron chi connectivity index (χ1n) is 11.2. The molecule has 33 heavy (non-hydrogen) atoms. The Morgan fingerprint density at radius 1 is 1.27 bits per heavy atom. The highest BCUT2D eigenvalue weighted by Gasteiger charge is 2.27. The van der Waals surface area contributed by atoms with Crippen LogP contribution in [0.4, 0.5) is 16.3 Å². The molecule has 10 heteroatoms. The Kier molecular flexibility index (Phi) is 7.45. The number of amides is 3. The van der Waals surface area contributed by atoms with E-state index in [4.69, 9.17) is 4.74 Å². The van der Waals surface area contributed by atoms with Crippen molar-refractivity contribution in [1.82, 2.24) is 20.0 Å². The number of imide groups is 1. The molecule has 0 spiro atoms. The molecule has 0 aliphatic carbocycles. The predicted octanol–water partition coefficient (Wildman–Crippen LogP) is 2.48. The molecule has 3 rings (SSSR count). The van der Waals surface area contributed by atoms with Gasteiger partial charge >= 0.3 is 6.09 Å². The molecule has 1 fully saturated rings. The molecule has 0 unspecified atom stereocenters. The number of piperidine rings is 1. The molecule has 2 heterocycles. The van der Waals surface area contributed by atoms with Gasteiger partial charge in [0.2, 0.25) is 12.3 Å². The monoisotopic (exact) mass is 458 g/mol. The van der Waals surface area contributed by atoms with E-state index in [0.717, 1.165) is 35.2 Å². The standard InChI is InChI=1S/C23H34N6O4/c1-23(2,3)33-22(32)29-12-8-16(9-13-29)25-17-6-7-18-19(14-17)28(5)26-21(18)27(4)11-10-20(31)24-15-30/h6-7,14-16,25H,8-13H2,1-5H3,(H,24,30,31). The predicted molar refractivity (Wildman–Crippen MR) is 127 cm³/mol. The van der Waals surface area contributed by atoms with Crippen LogP contribution in [0, 0.1) is 0 Å². The topological polar surface area (TPSA) is 109 Å². The number of carbonyl (C=O) groups excluding carboxylic acids is 3. The van der Waals surface area contributed by atoms with Crippen molar-refractivity contribution >= 4 is 40.8 Å². The molecule has 0 radical (unpaired) electrons. The van der Waals surface area contributed by atoms with E-state index in [2.05, 4.69) is 21.8 Å². The number of anilines is 2. The minimum absolute atomic E-state index is 0.203. The number of aryl methyl sites for hydroxylation is 1. The van der Waals surface area contributed by atoms with Gasteiger partial charge in [-0.05, 0) is 51.8 Å². The second kappa shape index (κ2) is 10.1. The maximum atomic E-state index is 12.3. The maximum Gasteiger partial charge on any atom is 0.410 e. The number of hydrogen-bond acceptors (Lipinski definition) is 7. The summed E-state index contributed by atoms with van der Waals surface area (Å²) in [4.78, 5) is 37.9. The quantitative estimate of drug-likeness (QED) is 0.614. The highest BCUT2D eigenvalue weighted by atomic mass is 16.6. The van der Waals surface area contributed by atoms with Gasteiger partial charge in [0.15, 0.2) is 5.82 Å². The summed E-state index contributed by atoms with van der Waals surface area (Å²) in [5, 5.41) is 11.3. The van der Waals surface area contributed by atoms with Crippen LogP contribution in [-0.4, -0.2) is 71.4 Å². The molecule has 2 aromatic rings. The molecule has 1 aliphatic rings. The molecule has 180 valence electrons. The number of aromatic nitrogens is 2. The van der Waals surface area contributed by atoms with Crippen LogP contribution in [0.15, 0.2) is 18.2 Å². The van der Waals surface area contributed by atoms with E-state index in [9.17, 15) is 14.4 Å². The van der Waals surface area contributed by atoms with E-state index < -0.39 is 5.60 Å². The summed E-state index contributed by atoms with van der Waals surface area (Å²) < 4.78 is 7.29. The molecular formula is C23H34N6O4. The van der Waals surface area contributed by atoms with Gasteiger partial charge in [0.05, 0.1) is 5.52 Å². The van der Waals surface area contributed by atoms with Gasteiger partial charge < -0.3 is 19.9 Å². The van der Waals surface area contributed by atoms with Crippen LogP contribution >= 0.6 is 0 Å². The highest BCUT2D eigenvalue weighted by Crippen LogP contribution is 2.28. The number of nitrogens with one attached hydrogen (secondary N) is 2.